The van der Waals surface area contributed by atoms with Crippen molar-refractivity contribution >= 4 is 5.97 Å². The summed E-state index contributed by atoms with van der Waals surface area (Å²) < 4.78 is 11.0. The van der Waals surface area contributed by atoms with Crippen molar-refractivity contribution in [2.45, 2.75) is 50.9 Å². The van der Waals surface area contributed by atoms with E-state index < -0.39 is 11.7 Å². The molecule has 1 aliphatic heterocycles. The fourth-order valence-electron chi connectivity index (χ4n) is 2.35. The third kappa shape index (κ3) is 1.93. The highest BCUT2D eigenvalue weighted by Crippen LogP contribution is 2.50. The van der Waals surface area contributed by atoms with E-state index in [9.17, 15) is 4.79 Å². The predicted octanol–water partition coefficient (Wildman–Crippen LogP) is 2.70. The lowest BCUT2D eigenvalue weighted by Gasteiger charge is -2.11. The van der Waals surface area contributed by atoms with Crippen LogP contribution in [0.4, 0.5) is 0 Å². The normalized spacial score (nSPS) is 30.0. The van der Waals surface area contributed by atoms with E-state index in [0.717, 1.165) is 24.8 Å². The Balaban J connectivity index is 1.76. The lowest BCUT2D eigenvalue weighted by Crippen LogP contribution is -2.21. The molecule has 1 aromatic carbocycles. The summed E-state index contributed by atoms with van der Waals surface area (Å²) in [5.74, 6) is -0.195. The summed E-state index contributed by atoms with van der Waals surface area (Å²) in [6.07, 6.45) is 2.53. The summed E-state index contributed by atoms with van der Waals surface area (Å²) in [7, 11) is 0. The molecule has 2 fully saturated rings. The largest absolute Gasteiger partial charge is 0.460 e. The van der Waals surface area contributed by atoms with Gasteiger partial charge in [0.15, 0.2) is 6.10 Å². The first-order valence-electron chi connectivity index (χ1n) is 6.61. The molecule has 0 aromatic heterocycles. The summed E-state index contributed by atoms with van der Waals surface area (Å²) in [4.78, 5) is 11.9. The molecule has 0 radical (unpaired) electrons. The molecule has 0 spiro atoms. The van der Waals surface area contributed by atoms with Crippen molar-refractivity contribution in [2.24, 2.45) is 0 Å². The van der Waals surface area contributed by atoms with Crippen LogP contribution in [-0.2, 0) is 19.9 Å². The van der Waals surface area contributed by atoms with Crippen molar-refractivity contribution in [1.29, 1.82) is 0 Å². The monoisotopic (exact) mass is 246 g/mol. The summed E-state index contributed by atoms with van der Waals surface area (Å²) in [5.41, 5.74) is 1.84. The maximum Gasteiger partial charge on any atom is 0.339 e. The summed E-state index contributed by atoms with van der Waals surface area (Å²) in [5, 5.41) is 0. The third-order valence-electron chi connectivity index (χ3n) is 3.78. The molecule has 2 atom stereocenters. The fourth-order valence-corrected chi connectivity index (χ4v) is 2.35. The molecule has 3 nitrogen and oxygen atoms in total. The molecule has 1 aliphatic carbocycles. The number of hydrogen-bond acceptors (Lipinski definition) is 3. The van der Waals surface area contributed by atoms with Crippen molar-refractivity contribution in [3.8, 4) is 0 Å². The smallest absolute Gasteiger partial charge is 0.339 e. The van der Waals surface area contributed by atoms with Crippen LogP contribution in [-0.4, -0.2) is 18.2 Å². The van der Waals surface area contributed by atoms with Crippen molar-refractivity contribution in [2.75, 3.05) is 0 Å². The SMILES string of the molecule is CCC1(c2ccc(C)cc2)OC1C(=O)OC1CC1. The molecule has 3 rings (SSSR count). The van der Waals surface area contributed by atoms with Gasteiger partial charge in [0.1, 0.15) is 11.7 Å². The molecule has 96 valence electrons. The standard InChI is InChI=1S/C15H18O3/c1-3-15(11-6-4-10(2)5-7-11)13(18-15)14(16)17-12-8-9-12/h4-7,12-13H,3,8-9H2,1-2H3. The predicted molar refractivity (Wildman–Crippen MR) is 67.1 cm³/mol. The lowest BCUT2D eigenvalue weighted by molar-refractivity contribution is -0.146. The van der Waals surface area contributed by atoms with Gasteiger partial charge in [-0.3, -0.25) is 0 Å². The number of benzene rings is 1. The van der Waals surface area contributed by atoms with E-state index in [1.54, 1.807) is 0 Å². The number of rotatable bonds is 4. The number of carbonyl (C=O) groups excluding carboxylic acids is 1. The topological polar surface area (TPSA) is 38.8 Å². The van der Waals surface area contributed by atoms with Gasteiger partial charge in [0.05, 0.1) is 0 Å². The van der Waals surface area contributed by atoms with E-state index in [4.69, 9.17) is 9.47 Å². The first-order chi connectivity index (χ1) is 8.65. The van der Waals surface area contributed by atoms with Crippen LogP contribution in [0.5, 0.6) is 0 Å². The van der Waals surface area contributed by atoms with Crippen molar-refractivity contribution in [1.82, 2.24) is 0 Å². The van der Waals surface area contributed by atoms with Crippen LogP contribution >= 0.6 is 0 Å². The molecule has 18 heavy (non-hydrogen) atoms. The van der Waals surface area contributed by atoms with Crippen LogP contribution in [0.15, 0.2) is 24.3 Å². The fraction of sp³-hybridized carbons (Fsp3) is 0.533. The Kier molecular flexibility index (Phi) is 2.67. The second-order valence-electron chi connectivity index (χ2n) is 5.24. The van der Waals surface area contributed by atoms with Crippen LogP contribution in [0.2, 0.25) is 0 Å². The molecule has 3 heteroatoms. The van der Waals surface area contributed by atoms with Crippen LogP contribution in [0.3, 0.4) is 0 Å². The Morgan fingerprint density at radius 1 is 1.39 bits per heavy atom. The number of ether oxygens (including phenoxy) is 2. The summed E-state index contributed by atoms with van der Waals surface area (Å²) in [6, 6.07) is 8.20. The Morgan fingerprint density at radius 2 is 2.06 bits per heavy atom. The Bertz CT molecular complexity index is 461. The van der Waals surface area contributed by atoms with Crippen molar-refractivity contribution in [3.63, 3.8) is 0 Å². The average molecular weight is 246 g/mol. The van der Waals surface area contributed by atoms with E-state index in [1.165, 1.54) is 5.56 Å². The summed E-state index contributed by atoms with van der Waals surface area (Å²) in [6.45, 7) is 4.10. The minimum Gasteiger partial charge on any atom is -0.460 e. The minimum atomic E-state index is -0.445. The van der Waals surface area contributed by atoms with E-state index in [2.05, 4.69) is 19.1 Å². The van der Waals surface area contributed by atoms with Gasteiger partial charge in [-0.1, -0.05) is 36.8 Å². The van der Waals surface area contributed by atoms with Gasteiger partial charge in [-0.15, -0.1) is 0 Å². The van der Waals surface area contributed by atoms with Crippen LogP contribution in [0, 0.1) is 6.92 Å². The highest BCUT2D eigenvalue weighted by atomic mass is 16.7. The molecular formula is C15H18O3. The van der Waals surface area contributed by atoms with E-state index >= 15 is 0 Å². The van der Waals surface area contributed by atoms with Crippen molar-refractivity contribution in [3.05, 3.63) is 35.4 Å². The molecule has 2 unspecified atom stereocenters. The highest BCUT2D eigenvalue weighted by Gasteiger charge is 2.62. The second-order valence-corrected chi connectivity index (χ2v) is 5.24. The first kappa shape index (κ1) is 11.7. The van der Waals surface area contributed by atoms with Gasteiger partial charge in [-0.25, -0.2) is 4.79 Å². The second kappa shape index (κ2) is 4.09. The average Bonchev–Trinajstić information content (AvgIpc) is 3.24. The number of epoxide rings is 1. The molecule has 0 bridgehead atoms. The van der Waals surface area contributed by atoms with Gasteiger partial charge in [0, 0.05) is 0 Å². The number of carbonyl (C=O) groups is 1. The van der Waals surface area contributed by atoms with E-state index in [-0.39, 0.29) is 12.1 Å². The molecule has 0 amide bonds. The molecule has 1 aromatic rings. The maximum atomic E-state index is 11.9. The molecule has 1 saturated carbocycles. The van der Waals surface area contributed by atoms with Crippen LogP contribution in [0.25, 0.3) is 0 Å². The van der Waals surface area contributed by atoms with Gasteiger partial charge in [-0.2, -0.15) is 0 Å². The zero-order valence-corrected chi connectivity index (χ0v) is 10.8. The molecule has 1 heterocycles. The minimum absolute atomic E-state index is 0.147. The van der Waals surface area contributed by atoms with Gasteiger partial charge in [0.25, 0.3) is 0 Å². The van der Waals surface area contributed by atoms with Gasteiger partial charge >= 0.3 is 5.97 Å². The maximum absolute atomic E-state index is 11.9. The molecule has 2 aliphatic rings. The Hall–Kier alpha value is -1.35. The third-order valence-corrected chi connectivity index (χ3v) is 3.78. The number of hydrogen-bond donors (Lipinski definition) is 0. The molecule has 1 saturated heterocycles. The van der Waals surface area contributed by atoms with Gasteiger partial charge < -0.3 is 9.47 Å². The van der Waals surface area contributed by atoms with Crippen LogP contribution in [0.1, 0.15) is 37.3 Å². The van der Waals surface area contributed by atoms with Crippen molar-refractivity contribution < 1.29 is 14.3 Å². The van der Waals surface area contributed by atoms with Crippen LogP contribution < -0.4 is 0 Å². The lowest BCUT2D eigenvalue weighted by atomic mass is 9.92. The zero-order chi connectivity index (χ0) is 12.8. The van der Waals surface area contributed by atoms with E-state index in [0.29, 0.717) is 0 Å². The van der Waals surface area contributed by atoms with Gasteiger partial charge in [-0.05, 0) is 31.7 Å². The molecular weight excluding hydrogens is 228 g/mol. The highest BCUT2D eigenvalue weighted by molar-refractivity contribution is 5.80. The molecule has 0 N–H and O–H groups in total. The zero-order valence-electron chi connectivity index (χ0n) is 10.8. The number of esters is 1. The Labute approximate surface area is 107 Å². The van der Waals surface area contributed by atoms with Gasteiger partial charge in [0.2, 0.25) is 0 Å². The Morgan fingerprint density at radius 3 is 2.61 bits per heavy atom. The number of aryl methyl sites for hydroxylation is 1. The first-order valence-corrected chi connectivity index (χ1v) is 6.61. The van der Waals surface area contributed by atoms with E-state index in [1.807, 2.05) is 19.1 Å². The summed E-state index contributed by atoms with van der Waals surface area (Å²) >= 11 is 0. The quantitative estimate of drug-likeness (QED) is 0.605.